The first-order valence-electron chi connectivity index (χ1n) is 3.30. The minimum absolute atomic E-state index is 0.0553. The highest BCUT2D eigenvalue weighted by Crippen LogP contribution is 2.35. The molecule has 0 saturated carbocycles. The fourth-order valence-corrected chi connectivity index (χ4v) is 1.04. The fraction of sp³-hybridized carbons (Fsp3) is 0. The number of phenols is 2. The van der Waals surface area contributed by atoms with Gasteiger partial charge < -0.3 is 19.7 Å². The van der Waals surface area contributed by atoms with E-state index in [0.717, 1.165) is 6.26 Å². The Hall–Kier alpha value is -1.84. The maximum atomic E-state index is 9.14. The summed E-state index contributed by atoms with van der Waals surface area (Å²) in [6.45, 7) is 0. The van der Waals surface area contributed by atoms with Crippen LogP contribution in [0, 0.1) is 0 Å². The molecule has 2 aromatic rings. The maximum absolute atomic E-state index is 9.14. The average Bonchev–Trinajstić information content (AvgIpc) is 2.35. The molecule has 12 heavy (non-hydrogen) atoms. The summed E-state index contributed by atoms with van der Waals surface area (Å²) in [7, 11) is 0. The Balaban J connectivity index is 2.87. The van der Waals surface area contributed by atoms with Crippen LogP contribution in [0.2, 0.25) is 0 Å². The molecule has 3 N–H and O–H groups in total. The largest absolute Gasteiger partial charge is 0.504 e. The number of aromatic hydroxyl groups is 3. The molecule has 0 unspecified atom stereocenters. The van der Waals surface area contributed by atoms with Gasteiger partial charge in [-0.1, -0.05) is 0 Å². The first kappa shape index (κ1) is 6.84. The van der Waals surface area contributed by atoms with E-state index in [9.17, 15) is 0 Å². The highest BCUT2D eigenvalue weighted by atomic mass is 16.4. The van der Waals surface area contributed by atoms with Crippen molar-refractivity contribution in [2.45, 2.75) is 0 Å². The number of phenolic OH excluding ortho intramolecular Hbond substituents is 2. The molecule has 62 valence electrons. The number of benzene rings is 1. The number of hydrogen-bond donors (Lipinski definition) is 3. The van der Waals surface area contributed by atoms with Gasteiger partial charge in [0.1, 0.15) is 11.8 Å². The van der Waals surface area contributed by atoms with Crippen LogP contribution < -0.4 is 0 Å². The third kappa shape index (κ3) is 0.780. The summed E-state index contributed by atoms with van der Waals surface area (Å²) in [5.74, 6) is -0.601. The SMILES string of the molecule is Oc1cc2occ(O)c2cc1O. The lowest BCUT2D eigenvalue weighted by atomic mass is 10.2. The van der Waals surface area contributed by atoms with Crippen molar-refractivity contribution in [3.63, 3.8) is 0 Å². The van der Waals surface area contributed by atoms with Gasteiger partial charge in [0.25, 0.3) is 0 Å². The van der Waals surface area contributed by atoms with E-state index in [4.69, 9.17) is 19.7 Å². The van der Waals surface area contributed by atoms with Crippen LogP contribution in [0.3, 0.4) is 0 Å². The van der Waals surface area contributed by atoms with Gasteiger partial charge in [-0.25, -0.2) is 0 Å². The Bertz CT molecular complexity index is 430. The molecule has 0 spiro atoms. The normalized spacial score (nSPS) is 10.7. The summed E-state index contributed by atoms with van der Waals surface area (Å²) < 4.78 is 4.86. The van der Waals surface area contributed by atoms with Crippen LogP contribution in [0.1, 0.15) is 0 Å². The maximum Gasteiger partial charge on any atom is 0.161 e. The number of fused-ring (bicyclic) bond motifs is 1. The Kier molecular flexibility index (Phi) is 1.18. The van der Waals surface area contributed by atoms with Gasteiger partial charge in [0.05, 0.1) is 5.39 Å². The predicted molar refractivity (Wildman–Crippen MR) is 41.2 cm³/mol. The van der Waals surface area contributed by atoms with E-state index >= 15 is 0 Å². The molecule has 0 fully saturated rings. The van der Waals surface area contributed by atoms with Crippen molar-refractivity contribution in [3.8, 4) is 17.2 Å². The van der Waals surface area contributed by atoms with E-state index in [-0.39, 0.29) is 17.2 Å². The summed E-state index contributed by atoms with van der Waals surface area (Å²) in [4.78, 5) is 0. The van der Waals surface area contributed by atoms with Crippen molar-refractivity contribution in [2.24, 2.45) is 0 Å². The summed E-state index contributed by atoms with van der Waals surface area (Å²) in [5.41, 5.74) is 0.336. The van der Waals surface area contributed by atoms with Crippen LogP contribution in [0.25, 0.3) is 11.0 Å². The van der Waals surface area contributed by atoms with Crippen molar-refractivity contribution < 1.29 is 19.7 Å². The predicted octanol–water partition coefficient (Wildman–Crippen LogP) is 1.55. The van der Waals surface area contributed by atoms with Crippen LogP contribution in [-0.2, 0) is 0 Å². The van der Waals surface area contributed by atoms with Crippen molar-refractivity contribution in [1.29, 1.82) is 0 Å². The third-order valence-corrected chi connectivity index (χ3v) is 1.65. The fourth-order valence-electron chi connectivity index (χ4n) is 1.04. The number of furan rings is 1. The smallest absolute Gasteiger partial charge is 0.161 e. The van der Waals surface area contributed by atoms with Crippen molar-refractivity contribution in [1.82, 2.24) is 0 Å². The highest BCUT2D eigenvalue weighted by Gasteiger charge is 2.08. The second-order valence-electron chi connectivity index (χ2n) is 2.46. The molecule has 2 rings (SSSR count). The molecular weight excluding hydrogens is 160 g/mol. The summed E-state index contributed by atoms with van der Waals surface area (Å²) in [5, 5.41) is 27.6. The Morgan fingerprint density at radius 3 is 2.33 bits per heavy atom. The number of rotatable bonds is 0. The summed E-state index contributed by atoms with van der Waals surface area (Å²) >= 11 is 0. The van der Waals surface area contributed by atoms with Gasteiger partial charge in [-0.3, -0.25) is 0 Å². The van der Waals surface area contributed by atoms with Crippen LogP contribution in [0.5, 0.6) is 17.2 Å². The Labute approximate surface area is 67.3 Å². The average molecular weight is 166 g/mol. The van der Waals surface area contributed by atoms with Crippen LogP contribution >= 0.6 is 0 Å². The van der Waals surface area contributed by atoms with Gasteiger partial charge in [-0.15, -0.1) is 0 Å². The van der Waals surface area contributed by atoms with Gasteiger partial charge in [-0.05, 0) is 6.07 Å². The van der Waals surface area contributed by atoms with E-state index in [1.54, 1.807) is 0 Å². The first-order chi connectivity index (χ1) is 5.68. The second-order valence-corrected chi connectivity index (χ2v) is 2.46. The van der Waals surface area contributed by atoms with E-state index in [1.165, 1.54) is 12.1 Å². The summed E-state index contributed by atoms with van der Waals surface area (Å²) in [6.07, 6.45) is 1.14. The molecule has 1 aromatic carbocycles. The molecule has 0 saturated heterocycles. The van der Waals surface area contributed by atoms with Crippen LogP contribution in [0.4, 0.5) is 0 Å². The van der Waals surface area contributed by atoms with Gasteiger partial charge in [0, 0.05) is 6.07 Å². The molecule has 4 nitrogen and oxygen atoms in total. The molecule has 4 heteroatoms. The zero-order valence-electron chi connectivity index (χ0n) is 5.98. The van der Waals surface area contributed by atoms with Gasteiger partial charge in [0.2, 0.25) is 0 Å². The zero-order chi connectivity index (χ0) is 8.72. The topological polar surface area (TPSA) is 73.8 Å². The van der Waals surface area contributed by atoms with Crippen molar-refractivity contribution in [2.75, 3.05) is 0 Å². The van der Waals surface area contributed by atoms with Gasteiger partial charge >= 0.3 is 0 Å². The molecule has 0 aliphatic carbocycles. The Morgan fingerprint density at radius 2 is 1.58 bits per heavy atom. The monoisotopic (exact) mass is 166 g/mol. The van der Waals surface area contributed by atoms with Crippen molar-refractivity contribution in [3.05, 3.63) is 18.4 Å². The van der Waals surface area contributed by atoms with Crippen LogP contribution in [-0.4, -0.2) is 15.3 Å². The second kappa shape index (κ2) is 2.07. The van der Waals surface area contributed by atoms with Gasteiger partial charge in [0.15, 0.2) is 17.2 Å². The van der Waals surface area contributed by atoms with Crippen molar-refractivity contribution >= 4 is 11.0 Å². The molecule has 1 heterocycles. The quantitative estimate of drug-likeness (QED) is 0.519. The highest BCUT2D eigenvalue weighted by molar-refractivity contribution is 5.86. The molecule has 0 bridgehead atoms. The Morgan fingerprint density at radius 1 is 0.917 bits per heavy atom. The third-order valence-electron chi connectivity index (χ3n) is 1.65. The molecule has 0 aliphatic heterocycles. The molecular formula is C8H6O4. The molecule has 0 atom stereocenters. The zero-order valence-corrected chi connectivity index (χ0v) is 5.98. The minimum atomic E-state index is -0.279. The first-order valence-corrected chi connectivity index (χ1v) is 3.30. The molecule has 1 aromatic heterocycles. The standard InChI is InChI=1S/C8H6O4/c9-5-1-4-7(11)3-12-8(4)2-6(5)10/h1-3,9-11H. The van der Waals surface area contributed by atoms with E-state index in [2.05, 4.69) is 0 Å². The lowest BCUT2D eigenvalue weighted by molar-refractivity contribution is 0.404. The van der Waals surface area contributed by atoms with Gasteiger partial charge in [-0.2, -0.15) is 0 Å². The van der Waals surface area contributed by atoms with E-state index < -0.39 is 0 Å². The lowest BCUT2D eigenvalue weighted by Crippen LogP contribution is -1.68. The number of hydrogen-bond acceptors (Lipinski definition) is 4. The lowest BCUT2D eigenvalue weighted by Gasteiger charge is -1.95. The van der Waals surface area contributed by atoms with Crippen LogP contribution in [0.15, 0.2) is 22.8 Å². The molecule has 0 amide bonds. The molecule has 0 radical (unpaired) electrons. The minimum Gasteiger partial charge on any atom is -0.504 e. The molecule has 0 aliphatic rings. The van der Waals surface area contributed by atoms with E-state index in [1.807, 2.05) is 0 Å². The summed E-state index contributed by atoms with van der Waals surface area (Å²) in [6, 6.07) is 2.48. The van der Waals surface area contributed by atoms with E-state index in [0.29, 0.717) is 11.0 Å².